The summed E-state index contributed by atoms with van der Waals surface area (Å²) in [5.74, 6) is -0.918. The molecule has 5 heteroatoms. The molecular formula is C10H6O3S2. The van der Waals surface area contributed by atoms with Crippen LogP contribution in [0.15, 0.2) is 24.3 Å². The van der Waals surface area contributed by atoms with Gasteiger partial charge in [0, 0.05) is 9.75 Å². The summed E-state index contributed by atoms with van der Waals surface area (Å²) in [6.45, 7) is 0. The number of hydrogen-bond acceptors (Lipinski definition) is 4. The smallest absolute Gasteiger partial charge is 0.345 e. The molecule has 76 valence electrons. The molecule has 0 aliphatic heterocycles. The van der Waals surface area contributed by atoms with E-state index in [2.05, 4.69) is 0 Å². The van der Waals surface area contributed by atoms with Crippen molar-refractivity contribution < 1.29 is 14.7 Å². The van der Waals surface area contributed by atoms with Crippen molar-refractivity contribution >= 4 is 34.9 Å². The van der Waals surface area contributed by atoms with E-state index in [1.54, 1.807) is 18.2 Å². The highest BCUT2D eigenvalue weighted by Gasteiger charge is 2.09. The van der Waals surface area contributed by atoms with Gasteiger partial charge in [0.25, 0.3) is 0 Å². The summed E-state index contributed by atoms with van der Waals surface area (Å²) in [5, 5.41) is 8.75. The predicted octanol–water partition coefficient (Wildman–Crippen LogP) is 2.99. The number of aromatic carboxylic acids is 1. The first-order chi connectivity index (χ1) is 7.20. The number of carbonyl (C=O) groups excluding carboxylic acids is 1. The Balaban J connectivity index is 2.36. The lowest BCUT2D eigenvalue weighted by molar-refractivity contribution is 0.0702. The minimum atomic E-state index is -0.918. The number of thiophene rings is 2. The van der Waals surface area contributed by atoms with Crippen molar-refractivity contribution in [3.8, 4) is 9.75 Å². The minimum absolute atomic E-state index is 0.311. The summed E-state index contributed by atoms with van der Waals surface area (Å²) >= 11 is 2.57. The third-order valence-corrected chi connectivity index (χ3v) is 4.08. The summed E-state index contributed by atoms with van der Waals surface area (Å²) < 4.78 is 0. The third kappa shape index (κ3) is 1.98. The van der Waals surface area contributed by atoms with E-state index in [1.165, 1.54) is 22.7 Å². The molecule has 0 aliphatic rings. The number of carboxylic acid groups (broad SMARTS) is 1. The summed E-state index contributed by atoms with van der Waals surface area (Å²) in [6.07, 6.45) is 0.792. The van der Waals surface area contributed by atoms with Gasteiger partial charge in [0.15, 0.2) is 6.29 Å². The molecule has 0 atom stereocenters. The van der Waals surface area contributed by atoms with Crippen molar-refractivity contribution in [3.05, 3.63) is 34.0 Å². The van der Waals surface area contributed by atoms with Gasteiger partial charge in [0.1, 0.15) is 4.88 Å². The average Bonchev–Trinajstić information content (AvgIpc) is 2.86. The van der Waals surface area contributed by atoms with Gasteiger partial charge < -0.3 is 5.11 Å². The van der Waals surface area contributed by atoms with Gasteiger partial charge in [-0.3, -0.25) is 4.79 Å². The molecule has 0 aliphatic carbocycles. The van der Waals surface area contributed by atoms with E-state index in [0.29, 0.717) is 9.75 Å². The molecule has 0 fully saturated rings. The topological polar surface area (TPSA) is 54.4 Å². The molecule has 0 aromatic carbocycles. The predicted molar refractivity (Wildman–Crippen MR) is 60.0 cm³/mol. The zero-order valence-corrected chi connectivity index (χ0v) is 9.10. The van der Waals surface area contributed by atoms with Crippen LogP contribution in [0, 0.1) is 0 Å². The van der Waals surface area contributed by atoms with Gasteiger partial charge in [0.05, 0.1) is 4.88 Å². The molecule has 0 radical (unpaired) electrons. The Morgan fingerprint density at radius 1 is 1.13 bits per heavy atom. The van der Waals surface area contributed by atoms with Gasteiger partial charge in [-0.1, -0.05) is 0 Å². The molecule has 0 saturated heterocycles. The zero-order chi connectivity index (χ0) is 10.8. The maximum Gasteiger partial charge on any atom is 0.345 e. The van der Waals surface area contributed by atoms with Crippen molar-refractivity contribution in [1.82, 2.24) is 0 Å². The molecule has 3 nitrogen and oxygen atoms in total. The quantitative estimate of drug-likeness (QED) is 0.836. The van der Waals surface area contributed by atoms with Gasteiger partial charge in [-0.15, -0.1) is 22.7 Å². The second-order valence-electron chi connectivity index (χ2n) is 2.79. The molecule has 2 aromatic heterocycles. The number of hydrogen-bond donors (Lipinski definition) is 1. The highest BCUT2D eigenvalue weighted by molar-refractivity contribution is 7.23. The molecule has 1 N–H and O–H groups in total. The maximum atomic E-state index is 10.7. The van der Waals surface area contributed by atoms with Gasteiger partial charge in [-0.25, -0.2) is 4.79 Å². The first kappa shape index (κ1) is 10.1. The second-order valence-corrected chi connectivity index (χ2v) is 4.99. The van der Waals surface area contributed by atoms with Crippen LogP contribution in [0.5, 0.6) is 0 Å². The van der Waals surface area contributed by atoms with Crippen LogP contribution in [0.4, 0.5) is 0 Å². The van der Waals surface area contributed by atoms with Crippen LogP contribution in [-0.4, -0.2) is 17.4 Å². The van der Waals surface area contributed by atoms with E-state index in [1.807, 2.05) is 6.07 Å². The monoisotopic (exact) mass is 238 g/mol. The lowest BCUT2D eigenvalue weighted by atomic mass is 10.3. The van der Waals surface area contributed by atoms with Gasteiger partial charge >= 0.3 is 5.97 Å². The summed E-state index contributed by atoms with van der Waals surface area (Å²) in [5.41, 5.74) is 0. The Kier molecular flexibility index (Phi) is 2.66. The van der Waals surface area contributed by atoms with Crippen LogP contribution in [0.3, 0.4) is 0 Å². The first-order valence-electron chi connectivity index (χ1n) is 4.09. The van der Waals surface area contributed by atoms with E-state index in [9.17, 15) is 9.59 Å². The van der Waals surface area contributed by atoms with Crippen LogP contribution in [0.25, 0.3) is 9.75 Å². The lowest BCUT2D eigenvalue weighted by Gasteiger charge is -1.87. The molecule has 0 saturated carbocycles. The standard InChI is InChI=1S/C10H6O3S2/c11-5-6-1-2-7(14-6)8-3-4-9(15-8)10(12)13/h1-5H,(H,12,13). The highest BCUT2D eigenvalue weighted by Crippen LogP contribution is 2.32. The summed E-state index contributed by atoms with van der Waals surface area (Å²) in [7, 11) is 0. The number of rotatable bonds is 3. The van der Waals surface area contributed by atoms with Crippen LogP contribution in [-0.2, 0) is 0 Å². The van der Waals surface area contributed by atoms with E-state index >= 15 is 0 Å². The zero-order valence-electron chi connectivity index (χ0n) is 7.47. The third-order valence-electron chi connectivity index (χ3n) is 1.80. The van der Waals surface area contributed by atoms with E-state index < -0.39 is 5.97 Å². The number of aldehydes is 1. The molecule has 0 amide bonds. The molecule has 15 heavy (non-hydrogen) atoms. The number of carboxylic acids is 1. The first-order valence-corrected chi connectivity index (χ1v) is 5.72. The molecule has 0 spiro atoms. The fraction of sp³-hybridized carbons (Fsp3) is 0. The lowest BCUT2D eigenvalue weighted by Crippen LogP contribution is -1.89. The Hall–Kier alpha value is -1.46. The van der Waals surface area contributed by atoms with Gasteiger partial charge in [0.2, 0.25) is 0 Å². The van der Waals surface area contributed by atoms with E-state index in [4.69, 9.17) is 5.11 Å². The van der Waals surface area contributed by atoms with Crippen molar-refractivity contribution in [3.63, 3.8) is 0 Å². The normalized spacial score (nSPS) is 10.1. The van der Waals surface area contributed by atoms with Crippen LogP contribution >= 0.6 is 22.7 Å². The maximum absolute atomic E-state index is 10.7. The SMILES string of the molecule is O=Cc1ccc(-c2ccc(C(=O)O)s2)s1. The molecular weight excluding hydrogens is 232 g/mol. The van der Waals surface area contributed by atoms with E-state index in [0.717, 1.165) is 16.0 Å². The van der Waals surface area contributed by atoms with Gasteiger partial charge in [-0.2, -0.15) is 0 Å². The Morgan fingerprint density at radius 3 is 2.33 bits per heavy atom. The second kappa shape index (κ2) is 3.96. The molecule has 2 heterocycles. The van der Waals surface area contributed by atoms with Crippen molar-refractivity contribution in [2.75, 3.05) is 0 Å². The Bertz CT molecular complexity index is 510. The number of carbonyl (C=O) groups is 2. The molecule has 2 rings (SSSR count). The van der Waals surface area contributed by atoms with Crippen LogP contribution in [0.1, 0.15) is 19.3 Å². The van der Waals surface area contributed by atoms with Crippen molar-refractivity contribution in [2.45, 2.75) is 0 Å². The molecule has 2 aromatic rings. The Morgan fingerprint density at radius 2 is 1.80 bits per heavy atom. The fourth-order valence-electron chi connectivity index (χ4n) is 1.13. The van der Waals surface area contributed by atoms with Crippen LogP contribution < -0.4 is 0 Å². The molecule has 0 bridgehead atoms. The van der Waals surface area contributed by atoms with Gasteiger partial charge in [-0.05, 0) is 24.3 Å². The van der Waals surface area contributed by atoms with Crippen molar-refractivity contribution in [1.29, 1.82) is 0 Å². The fourth-order valence-corrected chi connectivity index (χ4v) is 2.89. The summed E-state index contributed by atoms with van der Waals surface area (Å²) in [6, 6.07) is 6.89. The molecule has 0 unspecified atom stereocenters. The van der Waals surface area contributed by atoms with Crippen LogP contribution in [0.2, 0.25) is 0 Å². The van der Waals surface area contributed by atoms with E-state index in [-0.39, 0.29) is 0 Å². The Labute approximate surface area is 93.6 Å². The summed E-state index contributed by atoms with van der Waals surface area (Å²) in [4.78, 5) is 23.9. The average molecular weight is 238 g/mol. The highest BCUT2D eigenvalue weighted by atomic mass is 32.1. The minimum Gasteiger partial charge on any atom is -0.477 e. The van der Waals surface area contributed by atoms with Crippen molar-refractivity contribution in [2.24, 2.45) is 0 Å². The largest absolute Gasteiger partial charge is 0.477 e.